The van der Waals surface area contributed by atoms with Crippen molar-refractivity contribution in [3.63, 3.8) is 0 Å². The summed E-state index contributed by atoms with van der Waals surface area (Å²) in [4.78, 5) is 35.5. The van der Waals surface area contributed by atoms with E-state index >= 15 is 0 Å². The molecule has 0 aliphatic carbocycles. The SMILES string of the molecule is Cc1ccc(-n2ncc3c(=O)n4c(nc32)SCC4CC(=O)N2CCN(c3ccc(F)cc3)CC2)cc1C. The Bertz CT molecular complexity index is 1560. The Balaban J connectivity index is 1.19. The highest BCUT2D eigenvalue weighted by Gasteiger charge is 2.32. The molecule has 10 heteroatoms. The Kier molecular flexibility index (Phi) is 5.98. The maximum Gasteiger partial charge on any atom is 0.265 e. The molecular formula is C27H27FN6O2S. The van der Waals surface area contributed by atoms with Gasteiger partial charge in [-0.05, 0) is 61.4 Å². The zero-order valence-electron chi connectivity index (χ0n) is 20.7. The molecule has 1 amide bonds. The van der Waals surface area contributed by atoms with Crippen molar-refractivity contribution in [1.82, 2.24) is 24.2 Å². The monoisotopic (exact) mass is 518 g/mol. The van der Waals surface area contributed by atoms with Gasteiger partial charge in [0.25, 0.3) is 5.56 Å². The summed E-state index contributed by atoms with van der Waals surface area (Å²) in [5.41, 5.74) is 4.54. The molecule has 1 atom stereocenters. The van der Waals surface area contributed by atoms with Crippen LogP contribution >= 0.6 is 11.8 Å². The van der Waals surface area contributed by atoms with Gasteiger partial charge >= 0.3 is 0 Å². The molecular weight excluding hydrogens is 491 g/mol. The van der Waals surface area contributed by atoms with Gasteiger partial charge in [-0.3, -0.25) is 14.2 Å². The summed E-state index contributed by atoms with van der Waals surface area (Å²) >= 11 is 1.51. The van der Waals surface area contributed by atoms with Gasteiger partial charge in [-0.15, -0.1) is 0 Å². The van der Waals surface area contributed by atoms with Crippen molar-refractivity contribution < 1.29 is 9.18 Å². The number of rotatable bonds is 4. The fourth-order valence-electron chi connectivity index (χ4n) is 5.02. The number of nitrogens with zero attached hydrogens (tertiary/aromatic N) is 6. The van der Waals surface area contributed by atoms with Gasteiger partial charge in [-0.1, -0.05) is 17.8 Å². The normalized spacial score (nSPS) is 17.4. The molecule has 0 N–H and O–H groups in total. The van der Waals surface area contributed by atoms with E-state index in [9.17, 15) is 14.0 Å². The molecule has 1 saturated heterocycles. The van der Waals surface area contributed by atoms with Crippen LogP contribution in [0.5, 0.6) is 0 Å². The van der Waals surface area contributed by atoms with Crippen molar-refractivity contribution >= 4 is 34.4 Å². The van der Waals surface area contributed by atoms with E-state index in [4.69, 9.17) is 4.98 Å². The quantitative estimate of drug-likeness (QED) is 0.384. The van der Waals surface area contributed by atoms with Crippen LogP contribution in [0.3, 0.4) is 0 Å². The molecule has 0 bridgehead atoms. The maximum atomic E-state index is 13.5. The predicted molar refractivity (Wildman–Crippen MR) is 142 cm³/mol. The number of benzene rings is 2. The molecule has 4 heterocycles. The van der Waals surface area contributed by atoms with Crippen molar-refractivity contribution in [2.75, 3.05) is 36.8 Å². The highest BCUT2D eigenvalue weighted by atomic mass is 32.2. The maximum absolute atomic E-state index is 13.5. The largest absolute Gasteiger partial charge is 0.368 e. The number of anilines is 1. The number of aromatic nitrogens is 4. The molecule has 8 nitrogen and oxygen atoms in total. The number of hydrogen-bond donors (Lipinski definition) is 0. The number of carbonyl (C=O) groups is 1. The predicted octanol–water partition coefficient (Wildman–Crippen LogP) is 3.72. The van der Waals surface area contributed by atoms with Crippen LogP contribution in [0.4, 0.5) is 10.1 Å². The third-order valence-corrected chi connectivity index (χ3v) is 8.44. The summed E-state index contributed by atoms with van der Waals surface area (Å²) in [7, 11) is 0. The number of piperazine rings is 1. The first-order chi connectivity index (χ1) is 17.9. The Morgan fingerprint density at radius 3 is 2.49 bits per heavy atom. The second-order valence-corrected chi connectivity index (χ2v) is 10.6. The van der Waals surface area contributed by atoms with E-state index in [1.165, 1.54) is 29.5 Å². The molecule has 2 aliphatic rings. The third-order valence-electron chi connectivity index (χ3n) is 7.34. The first-order valence-corrected chi connectivity index (χ1v) is 13.4. The average Bonchev–Trinajstić information content (AvgIpc) is 3.51. The second kappa shape index (κ2) is 9.33. The zero-order chi connectivity index (χ0) is 25.7. The van der Waals surface area contributed by atoms with Crippen LogP contribution < -0.4 is 10.5 Å². The fourth-order valence-corrected chi connectivity index (χ4v) is 6.15. The van der Waals surface area contributed by atoms with Gasteiger partial charge in [0.1, 0.15) is 11.2 Å². The van der Waals surface area contributed by atoms with Crippen LogP contribution in [0, 0.1) is 19.7 Å². The summed E-state index contributed by atoms with van der Waals surface area (Å²) in [5.74, 6) is 0.412. The van der Waals surface area contributed by atoms with E-state index in [0.717, 1.165) is 16.9 Å². The Morgan fingerprint density at radius 2 is 1.76 bits per heavy atom. The summed E-state index contributed by atoms with van der Waals surface area (Å²) in [6.45, 7) is 6.67. The number of amides is 1. The van der Waals surface area contributed by atoms with Gasteiger partial charge in [0.05, 0.1) is 17.9 Å². The van der Waals surface area contributed by atoms with Crippen molar-refractivity contribution in [2.24, 2.45) is 0 Å². The third kappa shape index (κ3) is 4.29. The molecule has 0 radical (unpaired) electrons. The van der Waals surface area contributed by atoms with E-state index < -0.39 is 0 Å². The molecule has 1 fully saturated rings. The van der Waals surface area contributed by atoms with Crippen molar-refractivity contribution in [2.45, 2.75) is 31.5 Å². The van der Waals surface area contributed by atoms with Crippen molar-refractivity contribution in [3.8, 4) is 5.69 Å². The standard InChI is InChI=1S/C27H27FN6O2S/c1-17-3-6-21(13-18(17)2)34-25-23(15-29-34)26(36)33-22(16-37-27(33)30-25)14-24(35)32-11-9-31(10-12-32)20-7-4-19(28)5-8-20/h3-8,13,15,22H,9-12,14,16H2,1-2H3. The first kappa shape index (κ1) is 23.7. The van der Waals surface area contributed by atoms with Crippen LogP contribution in [0.1, 0.15) is 23.6 Å². The van der Waals surface area contributed by atoms with Gasteiger partial charge in [-0.25, -0.2) is 14.1 Å². The number of hydrogen-bond acceptors (Lipinski definition) is 6. The van der Waals surface area contributed by atoms with Crippen LogP contribution in [0.15, 0.2) is 58.6 Å². The lowest BCUT2D eigenvalue weighted by atomic mass is 10.1. The van der Waals surface area contributed by atoms with E-state index in [-0.39, 0.29) is 29.7 Å². The zero-order valence-corrected chi connectivity index (χ0v) is 21.5. The van der Waals surface area contributed by atoms with E-state index in [2.05, 4.69) is 16.9 Å². The van der Waals surface area contributed by atoms with Crippen molar-refractivity contribution in [3.05, 3.63) is 76.0 Å². The van der Waals surface area contributed by atoms with Crippen molar-refractivity contribution in [1.29, 1.82) is 0 Å². The van der Waals surface area contributed by atoms with Gasteiger partial charge in [-0.2, -0.15) is 5.10 Å². The van der Waals surface area contributed by atoms with Gasteiger partial charge in [0.2, 0.25) is 5.91 Å². The van der Waals surface area contributed by atoms with Gasteiger partial charge in [0.15, 0.2) is 10.8 Å². The average molecular weight is 519 g/mol. The molecule has 4 aromatic rings. The summed E-state index contributed by atoms with van der Waals surface area (Å²) in [6, 6.07) is 12.3. The molecule has 2 aromatic carbocycles. The topological polar surface area (TPSA) is 76.3 Å². The smallest absolute Gasteiger partial charge is 0.265 e. The molecule has 190 valence electrons. The van der Waals surface area contributed by atoms with Gasteiger partial charge < -0.3 is 9.80 Å². The lowest BCUT2D eigenvalue weighted by molar-refractivity contribution is -0.132. The highest BCUT2D eigenvalue weighted by Crippen LogP contribution is 2.34. The van der Waals surface area contributed by atoms with Gasteiger partial charge in [0, 0.05) is 44.0 Å². The number of halogens is 1. The molecule has 0 saturated carbocycles. The minimum Gasteiger partial charge on any atom is -0.368 e. The summed E-state index contributed by atoms with van der Waals surface area (Å²) in [5, 5.41) is 5.55. The first-order valence-electron chi connectivity index (χ1n) is 12.4. The minimum absolute atomic E-state index is 0.0371. The van der Waals surface area contributed by atoms with Crippen LogP contribution in [0.25, 0.3) is 16.7 Å². The lowest BCUT2D eigenvalue weighted by Crippen LogP contribution is -2.49. The number of carbonyl (C=O) groups excluding carboxylic acids is 1. The molecule has 1 unspecified atom stereocenters. The fraction of sp³-hybridized carbons (Fsp3) is 0.333. The highest BCUT2D eigenvalue weighted by molar-refractivity contribution is 7.99. The molecule has 37 heavy (non-hydrogen) atoms. The number of fused-ring (bicyclic) bond motifs is 2. The van der Waals surface area contributed by atoms with Crippen LogP contribution in [-0.2, 0) is 4.79 Å². The van der Waals surface area contributed by atoms with Crippen LogP contribution in [0.2, 0.25) is 0 Å². The second-order valence-electron chi connectivity index (χ2n) is 9.64. The number of aryl methyl sites for hydroxylation is 2. The Morgan fingerprint density at radius 1 is 1.03 bits per heavy atom. The molecule has 6 rings (SSSR count). The van der Waals surface area contributed by atoms with E-state index in [0.29, 0.717) is 48.1 Å². The molecule has 0 spiro atoms. The summed E-state index contributed by atoms with van der Waals surface area (Å²) in [6.07, 6.45) is 1.83. The van der Waals surface area contributed by atoms with E-state index in [1.54, 1.807) is 27.6 Å². The summed E-state index contributed by atoms with van der Waals surface area (Å²) < 4.78 is 16.6. The Labute approximate surface area is 217 Å². The molecule has 2 aliphatic heterocycles. The number of thioether (sulfide) groups is 1. The van der Waals surface area contributed by atoms with Crippen LogP contribution in [-0.4, -0.2) is 62.1 Å². The molecule has 2 aromatic heterocycles. The lowest BCUT2D eigenvalue weighted by Gasteiger charge is -2.36. The Hall–Kier alpha value is -3.66. The van der Waals surface area contributed by atoms with E-state index in [1.807, 2.05) is 30.0 Å². The minimum atomic E-state index is -0.258.